The third kappa shape index (κ3) is 4.99. The first kappa shape index (κ1) is 17.8. The highest BCUT2D eigenvalue weighted by atomic mass is 79.9. The summed E-state index contributed by atoms with van der Waals surface area (Å²) in [7, 11) is 1.57. The number of halogens is 1. The Hall–Kier alpha value is -2.54. The Morgan fingerprint density at radius 3 is 2.71 bits per heavy atom. The normalized spacial score (nSPS) is 11.0. The lowest BCUT2D eigenvalue weighted by atomic mass is 10.2. The number of aryl methyl sites for hydroxylation is 1. The largest absolute Gasteiger partial charge is 0.495 e. The van der Waals surface area contributed by atoms with Gasteiger partial charge in [-0.25, -0.2) is 4.99 Å². The number of guanidine groups is 1. The lowest BCUT2D eigenvalue weighted by molar-refractivity contribution is -0.114. The van der Waals surface area contributed by atoms with Crippen molar-refractivity contribution in [1.82, 2.24) is 0 Å². The summed E-state index contributed by atoms with van der Waals surface area (Å²) in [5.41, 5.74) is 8.21. The Kier molecular flexibility index (Phi) is 6.20. The summed E-state index contributed by atoms with van der Waals surface area (Å²) >= 11 is 3.38. The zero-order valence-corrected chi connectivity index (χ0v) is 15.1. The molecule has 0 aromatic heterocycles. The van der Waals surface area contributed by atoms with Crippen molar-refractivity contribution in [2.24, 2.45) is 10.7 Å². The number of carbonyl (C=O) groups excluding carboxylic acids is 1. The molecule has 0 heterocycles. The van der Waals surface area contributed by atoms with Crippen molar-refractivity contribution >= 4 is 39.2 Å². The molecule has 4 N–H and O–H groups in total. The Morgan fingerprint density at radius 1 is 1.21 bits per heavy atom. The number of anilines is 2. The molecule has 0 aliphatic heterocycles. The first-order valence-electron chi connectivity index (χ1n) is 7.25. The topological polar surface area (TPSA) is 88.7 Å². The molecular formula is C17H19BrN4O2. The molecule has 0 aliphatic rings. The van der Waals surface area contributed by atoms with E-state index in [0.717, 1.165) is 15.7 Å². The minimum Gasteiger partial charge on any atom is -0.495 e. The first-order valence-corrected chi connectivity index (χ1v) is 8.05. The van der Waals surface area contributed by atoms with E-state index < -0.39 is 0 Å². The van der Waals surface area contributed by atoms with Crippen LogP contribution in [0.3, 0.4) is 0 Å². The smallest absolute Gasteiger partial charge is 0.246 e. The predicted molar refractivity (Wildman–Crippen MR) is 101 cm³/mol. The molecule has 0 radical (unpaired) electrons. The van der Waals surface area contributed by atoms with Gasteiger partial charge in [-0.1, -0.05) is 34.1 Å². The molecule has 0 aliphatic carbocycles. The van der Waals surface area contributed by atoms with Gasteiger partial charge in [0.1, 0.15) is 12.3 Å². The molecule has 24 heavy (non-hydrogen) atoms. The number of methoxy groups -OCH3 is 1. The van der Waals surface area contributed by atoms with Gasteiger partial charge in [0, 0.05) is 10.2 Å². The fraction of sp³-hybridized carbons (Fsp3) is 0.176. The van der Waals surface area contributed by atoms with E-state index in [9.17, 15) is 4.79 Å². The summed E-state index contributed by atoms with van der Waals surface area (Å²) in [6.45, 7) is 1.84. The number of nitrogens with one attached hydrogen (secondary N) is 2. The van der Waals surface area contributed by atoms with Crippen LogP contribution in [0, 0.1) is 6.92 Å². The van der Waals surface area contributed by atoms with E-state index in [1.54, 1.807) is 13.2 Å². The van der Waals surface area contributed by atoms with E-state index in [-0.39, 0.29) is 18.4 Å². The van der Waals surface area contributed by atoms with Gasteiger partial charge in [0.15, 0.2) is 5.96 Å². The molecule has 2 rings (SSSR count). The average Bonchev–Trinajstić information content (AvgIpc) is 2.57. The van der Waals surface area contributed by atoms with Crippen LogP contribution in [0.15, 0.2) is 51.9 Å². The minimum absolute atomic E-state index is 0.0834. The maximum Gasteiger partial charge on any atom is 0.246 e. The third-order valence-corrected chi connectivity index (χ3v) is 3.73. The van der Waals surface area contributed by atoms with Gasteiger partial charge in [-0.05, 0) is 36.8 Å². The average molecular weight is 391 g/mol. The lowest BCUT2D eigenvalue weighted by Gasteiger charge is -2.10. The first-order chi connectivity index (χ1) is 11.5. The van der Waals surface area contributed by atoms with Gasteiger partial charge >= 0.3 is 0 Å². The van der Waals surface area contributed by atoms with Crippen LogP contribution in [0.4, 0.5) is 11.4 Å². The SMILES string of the molecule is COc1ccccc1NC(N)=NCC(=O)Nc1cc(Br)ccc1C. The van der Waals surface area contributed by atoms with Gasteiger partial charge in [0.2, 0.25) is 5.91 Å². The number of nitrogens with zero attached hydrogens (tertiary/aromatic N) is 1. The van der Waals surface area contributed by atoms with Gasteiger partial charge in [0.25, 0.3) is 0 Å². The summed E-state index contributed by atoms with van der Waals surface area (Å²) in [6, 6.07) is 13.0. The molecule has 0 saturated carbocycles. The number of nitrogens with two attached hydrogens (primary N) is 1. The quantitative estimate of drug-likeness (QED) is 0.540. The van der Waals surface area contributed by atoms with Gasteiger partial charge in [-0.2, -0.15) is 0 Å². The van der Waals surface area contributed by atoms with Crippen LogP contribution in [0.1, 0.15) is 5.56 Å². The molecule has 2 aromatic carbocycles. The Morgan fingerprint density at radius 2 is 1.96 bits per heavy atom. The van der Waals surface area contributed by atoms with E-state index in [0.29, 0.717) is 11.4 Å². The lowest BCUT2D eigenvalue weighted by Crippen LogP contribution is -2.25. The number of hydrogen-bond donors (Lipinski definition) is 3. The summed E-state index contributed by atoms with van der Waals surface area (Å²) in [6.07, 6.45) is 0. The van der Waals surface area contributed by atoms with Crippen molar-refractivity contribution in [3.63, 3.8) is 0 Å². The molecule has 0 spiro atoms. The number of aliphatic imine (C=N–C) groups is 1. The number of ether oxygens (including phenoxy) is 1. The van der Waals surface area contributed by atoms with Crippen LogP contribution in [0.25, 0.3) is 0 Å². The van der Waals surface area contributed by atoms with E-state index in [4.69, 9.17) is 10.5 Å². The van der Waals surface area contributed by atoms with E-state index in [1.165, 1.54) is 0 Å². The Bertz CT molecular complexity index is 762. The van der Waals surface area contributed by atoms with E-state index >= 15 is 0 Å². The molecule has 0 bridgehead atoms. The van der Waals surface area contributed by atoms with Crippen molar-refractivity contribution in [3.05, 3.63) is 52.5 Å². The number of hydrogen-bond acceptors (Lipinski definition) is 3. The maximum absolute atomic E-state index is 12.0. The van der Waals surface area contributed by atoms with Crippen LogP contribution in [0.5, 0.6) is 5.75 Å². The molecule has 0 fully saturated rings. The fourth-order valence-electron chi connectivity index (χ4n) is 2.00. The van der Waals surface area contributed by atoms with Gasteiger partial charge in [0.05, 0.1) is 12.8 Å². The number of benzene rings is 2. The van der Waals surface area contributed by atoms with Gasteiger partial charge in [-0.15, -0.1) is 0 Å². The van der Waals surface area contributed by atoms with Crippen molar-refractivity contribution in [2.75, 3.05) is 24.3 Å². The predicted octanol–water partition coefficient (Wildman–Crippen LogP) is 3.13. The highest BCUT2D eigenvalue weighted by Gasteiger charge is 2.06. The highest BCUT2D eigenvalue weighted by Crippen LogP contribution is 2.22. The van der Waals surface area contributed by atoms with Crippen molar-refractivity contribution < 1.29 is 9.53 Å². The van der Waals surface area contributed by atoms with Crippen molar-refractivity contribution in [3.8, 4) is 5.75 Å². The molecule has 0 saturated heterocycles. The maximum atomic E-state index is 12.0. The van der Waals surface area contributed by atoms with Crippen molar-refractivity contribution in [1.29, 1.82) is 0 Å². The minimum atomic E-state index is -0.249. The summed E-state index contributed by atoms with van der Waals surface area (Å²) in [5, 5.41) is 5.73. The second-order valence-electron chi connectivity index (χ2n) is 5.03. The zero-order chi connectivity index (χ0) is 17.5. The zero-order valence-electron chi connectivity index (χ0n) is 13.5. The van der Waals surface area contributed by atoms with Crippen LogP contribution < -0.4 is 21.1 Å². The molecule has 0 unspecified atom stereocenters. The van der Waals surface area contributed by atoms with Gasteiger partial charge < -0.3 is 21.1 Å². The molecule has 7 heteroatoms. The monoisotopic (exact) mass is 390 g/mol. The Labute approximate surface area is 149 Å². The van der Waals surface area contributed by atoms with Crippen LogP contribution in [-0.4, -0.2) is 25.5 Å². The number of para-hydroxylation sites is 2. The Balaban J connectivity index is 1.96. The second kappa shape index (κ2) is 8.35. The van der Waals surface area contributed by atoms with Gasteiger partial charge in [-0.3, -0.25) is 4.79 Å². The third-order valence-electron chi connectivity index (χ3n) is 3.24. The molecule has 126 valence electrons. The van der Waals surface area contributed by atoms with Crippen LogP contribution in [0.2, 0.25) is 0 Å². The highest BCUT2D eigenvalue weighted by molar-refractivity contribution is 9.10. The number of rotatable bonds is 5. The molecule has 2 aromatic rings. The van der Waals surface area contributed by atoms with E-state index in [2.05, 4.69) is 31.6 Å². The van der Waals surface area contributed by atoms with Crippen molar-refractivity contribution in [2.45, 2.75) is 6.92 Å². The molecule has 6 nitrogen and oxygen atoms in total. The van der Waals surface area contributed by atoms with E-state index in [1.807, 2.05) is 43.3 Å². The summed E-state index contributed by atoms with van der Waals surface area (Å²) in [4.78, 5) is 16.1. The molecule has 0 atom stereocenters. The number of carbonyl (C=O) groups is 1. The second-order valence-corrected chi connectivity index (χ2v) is 5.95. The standard InChI is InChI=1S/C17H19BrN4O2/c1-11-7-8-12(18)9-14(11)21-16(23)10-20-17(19)22-13-5-3-4-6-15(13)24-2/h3-9H,10H2,1-2H3,(H,21,23)(H3,19,20,22). The molecular weight excluding hydrogens is 372 g/mol. The van der Waals surface area contributed by atoms with Crippen LogP contribution in [-0.2, 0) is 4.79 Å². The summed E-state index contributed by atoms with van der Waals surface area (Å²) < 4.78 is 6.11. The summed E-state index contributed by atoms with van der Waals surface area (Å²) in [5.74, 6) is 0.534. The van der Waals surface area contributed by atoms with Crippen LogP contribution >= 0.6 is 15.9 Å². The fourth-order valence-corrected chi connectivity index (χ4v) is 2.36. The molecule has 1 amide bonds. The number of amides is 1.